The summed E-state index contributed by atoms with van der Waals surface area (Å²) >= 11 is 0. The standard InChI is InChI=1S/C28H39FN4O2/c1-34-17-18-35-16-11-22-21-33(27-20-24(10-12-30-27)31-13-3-2-4-14-31)26-9-6-15-32(28(22)26)25-8-5-7-23(29)19-25/h5,7-8,10,12,19-20,22,26,28H,2-4,6,9,11,13-18,21H2,1H3/t22-,26-,28-/m0/s1. The van der Waals surface area contributed by atoms with Crippen LogP contribution in [0.3, 0.4) is 0 Å². The van der Waals surface area contributed by atoms with Crippen LogP contribution in [0.4, 0.5) is 21.6 Å². The number of rotatable bonds is 9. The summed E-state index contributed by atoms with van der Waals surface area (Å²) in [6, 6.07) is 12.2. The maximum absolute atomic E-state index is 14.2. The van der Waals surface area contributed by atoms with Gasteiger partial charge in [-0.15, -0.1) is 0 Å². The molecule has 2 aromatic rings. The Kier molecular flexibility index (Phi) is 8.04. The summed E-state index contributed by atoms with van der Waals surface area (Å²) in [5, 5.41) is 0. The monoisotopic (exact) mass is 482 g/mol. The summed E-state index contributed by atoms with van der Waals surface area (Å²) in [4.78, 5) is 12.3. The number of aromatic nitrogens is 1. The van der Waals surface area contributed by atoms with Crippen LogP contribution in [0.5, 0.6) is 0 Å². The van der Waals surface area contributed by atoms with Crippen LogP contribution in [0.15, 0.2) is 42.6 Å². The Morgan fingerprint density at radius 3 is 2.66 bits per heavy atom. The second-order valence-corrected chi connectivity index (χ2v) is 10.1. The van der Waals surface area contributed by atoms with Crippen molar-refractivity contribution in [2.45, 2.75) is 50.6 Å². The van der Waals surface area contributed by atoms with E-state index >= 15 is 0 Å². The van der Waals surface area contributed by atoms with Crippen molar-refractivity contribution in [3.05, 3.63) is 48.4 Å². The van der Waals surface area contributed by atoms with E-state index in [4.69, 9.17) is 14.5 Å². The molecule has 190 valence electrons. The van der Waals surface area contributed by atoms with Gasteiger partial charge in [-0.25, -0.2) is 9.37 Å². The lowest BCUT2D eigenvalue weighted by atomic mass is 9.88. The van der Waals surface area contributed by atoms with Crippen molar-refractivity contribution in [2.24, 2.45) is 5.92 Å². The zero-order valence-electron chi connectivity index (χ0n) is 20.9. The maximum atomic E-state index is 14.2. The van der Waals surface area contributed by atoms with Crippen molar-refractivity contribution in [2.75, 3.05) is 67.8 Å². The minimum absolute atomic E-state index is 0.171. The summed E-state index contributed by atoms with van der Waals surface area (Å²) in [5.41, 5.74) is 2.28. The van der Waals surface area contributed by atoms with Gasteiger partial charge in [0.15, 0.2) is 0 Å². The lowest BCUT2D eigenvalue weighted by Crippen LogP contribution is -2.52. The van der Waals surface area contributed by atoms with Gasteiger partial charge in [0.1, 0.15) is 11.6 Å². The second kappa shape index (κ2) is 11.6. The molecule has 1 aromatic heterocycles. The summed E-state index contributed by atoms with van der Waals surface area (Å²) in [6.07, 6.45) is 9.03. The first kappa shape index (κ1) is 24.3. The first-order chi connectivity index (χ1) is 17.2. The Morgan fingerprint density at radius 2 is 1.83 bits per heavy atom. The average Bonchev–Trinajstić information content (AvgIpc) is 3.28. The molecule has 3 aliphatic heterocycles. The number of hydrogen-bond acceptors (Lipinski definition) is 6. The number of benzene rings is 1. The molecule has 5 rings (SSSR count). The zero-order chi connectivity index (χ0) is 24.0. The Balaban J connectivity index is 1.39. The quantitative estimate of drug-likeness (QED) is 0.481. The molecule has 3 aliphatic rings. The number of hydrogen-bond donors (Lipinski definition) is 0. The van der Waals surface area contributed by atoms with Crippen LogP contribution in [-0.4, -0.2) is 70.2 Å². The van der Waals surface area contributed by atoms with E-state index in [0.29, 0.717) is 37.8 Å². The van der Waals surface area contributed by atoms with Gasteiger partial charge >= 0.3 is 0 Å². The van der Waals surface area contributed by atoms with E-state index in [2.05, 4.69) is 32.9 Å². The van der Waals surface area contributed by atoms with Gasteiger partial charge in [-0.3, -0.25) is 0 Å². The maximum Gasteiger partial charge on any atom is 0.130 e. The van der Waals surface area contributed by atoms with Crippen molar-refractivity contribution in [3.8, 4) is 0 Å². The lowest BCUT2D eigenvalue weighted by Gasteiger charge is -2.43. The molecular formula is C28H39FN4O2. The van der Waals surface area contributed by atoms with Gasteiger partial charge in [0.25, 0.3) is 0 Å². The second-order valence-electron chi connectivity index (χ2n) is 10.1. The van der Waals surface area contributed by atoms with E-state index < -0.39 is 0 Å². The predicted molar refractivity (Wildman–Crippen MR) is 139 cm³/mol. The van der Waals surface area contributed by atoms with E-state index in [9.17, 15) is 4.39 Å². The molecule has 0 unspecified atom stereocenters. The molecular weight excluding hydrogens is 443 g/mol. The molecule has 0 amide bonds. The number of pyridine rings is 1. The van der Waals surface area contributed by atoms with Crippen LogP contribution >= 0.6 is 0 Å². The SMILES string of the molecule is COCCOCC[C@H]1CN(c2cc(N3CCCCC3)ccn2)[C@H]2CCCN(c3cccc(F)c3)[C@@H]12. The van der Waals surface area contributed by atoms with Crippen molar-refractivity contribution in [3.63, 3.8) is 0 Å². The summed E-state index contributed by atoms with van der Waals surface area (Å²) in [5.74, 6) is 1.33. The topological polar surface area (TPSA) is 41.1 Å². The van der Waals surface area contributed by atoms with Gasteiger partial charge in [-0.1, -0.05) is 6.07 Å². The van der Waals surface area contributed by atoms with E-state index in [-0.39, 0.29) is 5.82 Å². The molecule has 7 heteroatoms. The molecule has 35 heavy (non-hydrogen) atoms. The smallest absolute Gasteiger partial charge is 0.130 e. The van der Waals surface area contributed by atoms with Crippen molar-refractivity contribution in [1.82, 2.24) is 4.98 Å². The fourth-order valence-electron chi connectivity index (χ4n) is 6.28. The van der Waals surface area contributed by atoms with Crippen LogP contribution in [0.1, 0.15) is 38.5 Å². The van der Waals surface area contributed by atoms with Gasteiger partial charge in [0, 0.05) is 69.5 Å². The van der Waals surface area contributed by atoms with Crippen molar-refractivity contribution >= 4 is 17.2 Å². The van der Waals surface area contributed by atoms with E-state index in [1.165, 1.54) is 31.0 Å². The molecule has 0 aliphatic carbocycles. The molecule has 0 spiro atoms. The third-order valence-electron chi connectivity index (χ3n) is 7.92. The van der Waals surface area contributed by atoms with Crippen LogP contribution < -0.4 is 14.7 Å². The minimum Gasteiger partial charge on any atom is -0.382 e. The van der Waals surface area contributed by atoms with Gasteiger partial charge in [-0.05, 0) is 62.8 Å². The average molecular weight is 483 g/mol. The normalized spacial score (nSPS) is 24.6. The summed E-state index contributed by atoms with van der Waals surface area (Å²) in [6.45, 7) is 6.11. The molecule has 3 saturated heterocycles. The Labute approximate surface area is 209 Å². The molecule has 4 heterocycles. The van der Waals surface area contributed by atoms with Gasteiger partial charge in [-0.2, -0.15) is 0 Å². The molecule has 0 saturated carbocycles. The lowest BCUT2D eigenvalue weighted by molar-refractivity contribution is 0.0633. The predicted octanol–water partition coefficient (Wildman–Crippen LogP) is 4.74. The highest BCUT2D eigenvalue weighted by molar-refractivity contribution is 5.58. The third-order valence-corrected chi connectivity index (χ3v) is 7.92. The van der Waals surface area contributed by atoms with E-state index in [0.717, 1.165) is 56.9 Å². The Morgan fingerprint density at radius 1 is 0.943 bits per heavy atom. The van der Waals surface area contributed by atoms with E-state index in [1.807, 2.05) is 12.3 Å². The molecule has 1 aromatic carbocycles. The van der Waals surface area contributed by atoms with Crippen molar-refractivity contribution < 1.29 is 13.9 Å². The van der Waals surface area contributed by atoms with Crippen LogP contribution in [0.25, 0.3) is 0 Å². The molecule has 0 N–H and O–H groups in total. The van der Waals surface area contributed by atoms with Crippen LogP contribution in [-0.2, 0) is 9.47 Å². The zero-order valence-corrected chi connectivity index (χ0v) is 20.9. The van der Waals surface area contributed by atoms with Crippen molar-refractivity contribution in [1.29, 1.82) is 0 Å². The molecule has 6 nitrogen and oxygen atoms in total. The number of methoxy groups -OCH3 is 1. The Hall–Kier alpha value is -2.38. The number of halogens is 1. The molecule has 3 fully saturated rings. The molecule has 0 radical (unpaired) electrons. The fourth-order valence-corrected chi connectivity index (χ4v) is 6.28. The number of nitrogens with zero attached hydrogens (tertiary/aromatic N) is 4. The van der Waals surface area contributed by atoms with Gasteiger partial charge < -0.3 is 24.2 Å². The van der Waals surface area contributed by atoms with E-state index in [1.54, 1.807) is 13.2 Å². The largest absolute Gasteiger partial charge is 0.382 e. The highest BCUT2D eigenvalue weighted by Gasteiger charge is 2.47. The number of piperidine rings is 2. The Bertz CT molecular complexity index is 954. The van der Waals surface area contributed by atoms with Gasteiger partial charge in [0.05, 0.1) is 25.3 Å². The first-order valence-electron chi connectivity index (χ1n) is 13.3. The highest BCUT2D eigenvalue weighted by atomic mass is 19.1. The number of fused-ring (bicyclic) bond motifs is 1. The van der Waals surface area contributed by atoms with Gasteiger partial charge in [0.2, 0.25) is 0 Å². The summed E-state index contributed by atoms with van der Waals surface area (Å²) < 4.78 is 25.2. The van der Waals surface area contributed by atoms with Crippen LogP contribution in [0.2, 0.25) is 0 Å². The van der Waals surface area contributed by atoms with Crippen LogP contribution in [0, 0.1) is 11.7 Å². The highest BCUT2D eigenvalue weighted by Crippen LogP contribution is 2.41. The minimum atomic E-state index is -0.171. The number of ether oxygens (including phenoxy) is 2. The fraction of sp³-hybridized carbons (Fsp3) is 0.607. The first-order valence-corrected chi connectivity index (χ1v) is 13.3. The summed E-state index contributed by atoms with van der Waals surface area (Å²) in [7, 11) is 1.70. The molecule has 0 bridgehead atoms. The number of anilines is 3. The third kappa shape index (κ3) is 5.56. The molecule has 3 atom stereocenters.